The number of likely N-dealkylation sites (tertiary alicyclic amines) is 1. The van der Waals surface area contributed by atoms with E-state index in [1.165, 1.54) is 6.07 Å². The van der Waals surface area contributed by atoms with E-state index in [0.29, 0.717) is 41.6 Å². The summed E-state index contributed by atoms with van der Waals surface area (Å²) >= 11 is 0. The molecule has 1 atom stereocenters. The Morgan fingerprint density at radius 1 is 1.02 bits per heavy atom. The smallest absolute Gasteiger partial charge is 0.386 e. The molecule has 2 saturated heterocycles. The number of carbonyl (C=O) groups excluding carboxylic acids is 2. The molecule has 1 unspecified atom stereocenters. The highest BCUT2D eigenvalue weighted by molar-refractivity contribution is 6.04. The zero-order valence-electron chi connectivity index (χ0n) is 35.1. The third kappa shape index (κ3) is 8.75. The van der Waals surface area contributed by atoms with Crippen molar-refractivity contribution in [2.45, 2.75) is 102 Å². The number of halogens is 3. The third-order valence-electron chi connectivity index (χ3n) is 13.0. The van der Waals surface area contributed by atoms with E-state index in [-0.39, 0.29) is 29.0 Å². The molecule has 0 bridgehead atoms. The van der Waals surface area contributed by atoms with Crippen LogP contribution in [0.25, 0.3) is 21.9 Å². The number of pyridine rings is 1. The number of rotatable bonds is 10. The number of hydrogen-bond donors (Lipinski definition) is 3. The van der Waals surface area contributed by atoms with Crippen LogP contribution in [0.4, 0.5) is 18.9 Å². The average molecular weight is 842 g/mol. The van der Waals surface area contributed by atoms with Gasteiger partial charge in [0.25, 0.3) is 5.91 Å². The standard InChI is InChI=1S/C45H54F3N9O4/c1-27-12-17-38(42(59)49-27)57-37-10-6-8-29(40(37)54(5)43(57)60)25-55-20-18-31(19-21-55)53(4)24-28-13-15-32(16-14-28)56-26-30-22-36(33(44(2,3)61)23-35(30)52-56)51-41(58)34-9-7-11-39(50-34)45(46,47)48/h6-11,22-23,26,28,31-32,38,61H,1,12-21,24-25H2,2-5H3,(H,49,59)(H,51,58). The lowest BCUT2D eigenvalue weighted by molar-refractivity contribution is -0.141. The number of para-hydroxylation sites is 1. The van der Waals surface area contributed by atoms with Gasteiger partial charge in [-0.3, -0.25) is 28.3 Å². The van der Waals surface area contributed by atoms with Crippen molar-refractivity contribution in [2.75, 3.05) is 32.0 Å². The molecule has 5 aromatic rings. The zero-order valence-corrected chi connectivity index (χ0v) is 35.1. The molecule has 1 saturated carbocycles. The number of aromatic nitrogens is 5. The molecule has 2 aliphatic heterocycles. The number of aliphatic hydroxyl groups is 1. The number of imidazole rings is 1. The summed E-state index contributed by atoms with van der Waals surface area (Å²) in [6.07, 6.45) is 4.60. The van der Waals surface area contributed by atoms with Gasteiger partial charge in [-0.1, -0.05) is 24.8 Å². The minimum atomic E-state index is -4.69. The molecular weight excluding hydrogens is 788 g/mol. The summed E-state index contributed by atoms with van der Waals surface area (Å²) in [5.41, 5.74) is 1.66. The molecule has 3 N–H and O–H groups in total. The van der Waals surface area contributed by atoms with E-state index >= 15 is 0 Å². The molecule has 61 heavy (non-hydrogen) atoms. The first-order valence-corrected chi connectivity index (χ1v) is 21.2. The molecule has 13 nitrogen and oxygen atoms in total. The first-order valence-electron chi connectivity index (χ1n) is 21.2. The van der Waals surface area contributed by atoms with Gasteiger partial charge in [0.15, 0.2) is 0 Å². The molecule has 0 radical (unpaired) electrons. The van der Waals surface area contributed by atoms with Gasteiger partial charge in [-0.05, 0) is 127 Å². The van der Waals surface area contributed by atoms with Gasteiger partial charge in [-0.25, -0.2) is 9.78 Å². The van der Waals surface area contributed by atoms with Gasteiger partial charge >= 0.3 is 11.9 Å². The molecule has 324 valence electrons. The van der Waals surface area contributed by atoms with Crippen molar-refractivity contribution >= 4 is 39.4 Å². The molecule has 1 aliphatic carbocycles. The maximum atomic E-state index is 13.5. The van der Waals surface area contributed by atoms with Crippen molar-refractivity contribution in [3.63, 3.8) is 0 Å². The Kier molecular flexibility index (Phi) is 11.5. The Morgan fingerprint density at radius 3 is 2.43 bits per heavy atom. The molecule has 3 aromatic heterocycles. The summed E-state index contributed by atoms with van der Waals surface area (Å²) in [4.78, 5) is 47.9. The van der Waals surface area contributed by atoms with E-state index in [1.807, 2.05) is 23.0 Å². The molecule has 2 aromatic carbocycles. The van der Waals surface area contributed by atoms with Crippen LogP contribution < -0.4 is 16.3 Å². The highest BCUT2D eigenvalue weighted by Gasteiger charge is 2.34. The second kappa shape index (κ2) is 16.5. The number of nitrogens with one attached hydrogen (secondary N) is 2. The maximum Gasteiger partial charge on any atom is 0.433 e. The normalized spacial score (nSPS) is 21.1. The Morgan fingerprint density at radius 2 is 1.74 bits per heavy atom. The van der Waals surface area contributed by atoms with Crippen LogP contribution in [0.3, 0.4) is 0 Å². The van der Waals surface area contributed by atoms with Crippen LogP contribution >= 0.6 is 0 Å². The number of fused-ring (bicyclic) bond motifs is 2. The van der Waals surface area contributed by atoms with Crippen molar-refractivity contribution in [1.82, 2.24) is 39.0 Å². The lowest BCUT2D eigenvalue weighted by Crippen LogP contribution is -2.44. The fraction of sp³-hybridized carbons (Fsp3) is 0.489. The highest BCUT2D eigenvalue weighted by Crippen LogP contribution is 2.37. The number of benzene rings is 2. The number of hydrogen-bond acceptors (Lipinski definition) is 8. The van der Waals surface area contributed by atoms with Crippen LogP contribution in [-0.2, 0) is 30.2 Å². The van der Waals surface area contributed by atoms with Crippen LogP contribution in [0, 0.1) is 5.92 Å². The van der Waals surface area contributed by atoms with E-state index in [2.05, 4.69) is 45.1 Å². The van der Waals surface area contributed by atoms with Gasteiger partial charge in [0.05, 0.1) is 28.2 Å². The lowest BCUT2D eigenvalue weighted by atomic mass is 9.85. The summed E-state index contributed by atoms with van der Waals surface area (Å²) in [7, 11) is 4.03. The molecule has 3 fully saturated rings. The largest absolute Gasteiger partial charge is 0.433 e. The minimum absolute atomic E-state index is 0.181. The Labute approximate surface area is 352 Å². The molecule has 16 heteroatoms. The fourth-order valence-corrected chi connectivity index (χ4v) is 9.66. The number of alkyl halides is 3. The number of anilines is 1. The molecule has 8 rings (SSSR count). The minimum Gasteiger partial charge on any atom is -0.386 e. The molecular formula is C45H54F3N9O4. The van der Waals surface area contributed by atoms with E-state index in [9.17, 15) is 32.7 Å². The van der Waals surface area contributed by atoms with Crippen LogP contribution in [-0.4, -0.2) is 83.3 Å². The zero-order chi connectivity index (χ0) is 43.4. The number of nitrogens with zero attached hydrogens (tertiary/aromatic N) is 7. The predicted molar refractivity (Wildman–Crippen MR) is 227 cm³/mol. The van der Waals surface area contributed by atoms with E-state index in [4.69, 9.17) is 5.10 Å². The van der Waals surface area contributed by atoms with Crippen molar-refractivity contribution in [1.29, 1.82) is 0 Å². The first kappa shape index (κ1) is 42.4. The van der Waals surface area contributed by atoms with E-state index in [1.54, 1.807) is 42.2 Å². The molecule has 0 spiro atoms. The number of allylic oxidation sites excluding steroid dienone is 1. The summed E-state index contributed by atoms with van der Waals surface area (Å²) in [5, 5.41) is 22.1. The maximum absolute atomic E-state index is 13.5. The van der Waals surface area contributed by atoms with Crippen molar-refractivity contribution in [2.24, 2.45) is 13.0 Å². The summed E-state index contributed by atoms with van der Waals surface area (Å²) in [5.74, 6) is -0.442. The summed E-state index contributed by atoms with van der Waals surface area (Å²) < 4.78 is 45.1. The van der Waals surface area contributed by atoms with Gasteiger partial charge in [0.1, 0.15) is 17.4 Å². The SMILES string of the molecule is C=C1CCC(n2c(=O)n(C)c3c(CN4CCC(N(C)CC5CCC(n6cc7cc(NC(=O)c8cccc(C(F)(F)F)n8)c(C(C)(C)O)cc7n6)CC5)CC4)cccc32)C(=O)N1. The van der Waals surface area contributed by atoms with Crippen LogP contribution in [0.2, 0.25) is 0 Å². The van der Waals surface area contributed by atoms with E-state index < -0.39 is 29.4 Å². The van der Waals surface area contributed by atoms with Gasteiger partial charge in [0, 0.05) is 54.7 Å². The fourth-order valence-electron chi connectivity index (χ4n) is 9.66. The van der Waals surface area contributed by atoms with Gasteiger partial charge < -0.3 is 20.6 Å². The number of amides is 2. The van der Waals surface area contributed by atoms with Gasteiger partial charge in [-0.15, -0.1) is 0 Å². The number of carbonyl (C=O) groups is 2. The Bertz CT molecular complexity index is 2540. The van der Waals surface area contributed by atoms with Gasteiger partial charge in [-0.2, -0.15) is 18.3 Å². The molecule has 3 aliphatic rings. The van der Waals surface area contributed by atoms with Crippen LogP contribution in [0.15, 0.2) is 71.8 Å². The summed E-state index contributed by atoms with van der Waals surface area (Å²) in [6.45, 7) is 10.7. The third-order valence-corrected chi connectivity index (χ3v) is 13.0. The van der Waals surface area contributed by atoms with E-state index in [0.717, 1.165) is 98.8 Å². The predicted octanol–water partition coefficient (Wildman–Crippen LogP) is 6.88. The molecule has 2 amide bonds. The first-order chi connectivity index (χ1) is 28.9. The van der Waals surface area contributed by atoms with Crippen molar-refractivity contribution in [3.8, 4) is 0 Å². The highest BCUT2D eigenvalue weighted by atomic mass is 19.4. The van der Waals surface area contributed by atoms with Crippen molar-refractivity contribution in [3.05, 3.63) is 100 Å². The summed E-state index contributed by atoms with van der Waals surface area (Å²) in [6, 6.07) is 12.7. The van der Waals surface area contributed by atoms with Gasteiger partial charge in [0.2, 0.25) is 5.91 Å². The molecule has 5 heterocycles. The number of aryl methyl sites for hydroxylation is 1. The van der Waals surface area contributed by atoms with Crippen molar-refractivity contribution < 1.29 is 27.9 Å². The van der Waals surface area contributed by atoms with Crippen LogP contribution in [0.5, 0.6) is 0 Å². The Hall–Kier alpha value is -5.32. The quantitative estimate of drug-likeness (QED) is 0.138. The van der Waals surface area contributed by atoms with Crippen LogP contribution in [0.1, 0.15) is 105 Å². The average Bonchev–Trinajstić information content (AvgIpc) is 3.75. The second-order valence-electron chi connectivity index (χ2n) is 17.7. The topological polar surface area (TPSA) is 143 Å². The lowest BCUT2D eigenvalue weighted by Gasteiger charge is -2.39. The second-order valence-corrected chi connectivity index (χ2v) is 17.7. The number of piperidine rings is 2. The Balaban J connectivity index is 0.860. The monoisotopic (exact) mass is 841 g/mol.